The Kier molecular flexibility index (Phi) is 2.69. The summed E-state index contributed by atoms with van der Waals surface area (Å²) in [5, 5.41) is 6.64. The minimum absolute atomic E-state index is 0.743. The number of rotatable bonds is 0. The summed E-state index contributed by atoms with van der Waals surface area (Å²) >= 11 is 6.34. The van der Waals surface area contributed by atoms with Gasteiger partial charge in [-0.15, -0.1) is 0 Å². The topological polar surface area (TPSA) is 17.3 Å². The van der Waals surface area contributed by atoms with Crippen molar-refractivity contribution in [2.75, 3.05) is 0 Å². The molecule has 0 aliphatic rings. The average molecular weight is 353 g/mol. The molecule has 0 saturated carbocycles. The Bertz CT molecular complexity index is 1490. The molecule has 0 saturated heterocycles. The molecule has 0 radical (unpaired) electrons. The Morgan fingerprint density at radius 2 is 1.46 bits per heavy atom. The largest absolute Gasteiger partial charge is 0.292 e. The summed E-state index contributed by atoms with van der Waals surface area (Å²) in [5.41, 5.74) is 4.28. The minimum atomic E-state index is 0.743. The molecule has 122 valence electrons. The van der Waals surface area contributed by atoms with Crippen molar-refractivity contribution >= 4 is 60.7 Å². The number of nitrogens with zero attached hydrogens (tertiary/aromatic N) is 2. The molecular formula is C23H13ClN2. The van der Waals surface area contributed by atoms with E-state index < -0.39 is 0 Å². The van der Waals surface area contributed by atoms with Crippen LogP contribution in [0.3, 0.4) is 0 Å². The molecule has 0 spiro atoms. The first-order valence-electron chi connectivity index (χ1n) is 8.61. The second kappa shape index (κ2) is 4.96. The molecule has 0 amide bonds. The van der Waals surface area contributed by atoms with E-state index in [4.69, 9.17) is 16.6 Å². The lowest BCUT2D eigenvalue weighted by Crippen LogP contribution is -1.92. The summed E-state index contributed by atoms with van der Waals surface area (Å²) < 4.78 is 2.27. The van der Waals surface area contributed by atoms with Crippen molar-refractivity contribution in [3.63, 3.8) is 0 Å². The number of hydrogen-bond donors (Lipinski definition) is 0. The number of para-hydroxylation sites is 3. The highest BCUT2D eigenvalue weighted by molar-refractivity contribution is 6.32. The van der Waals surface area contributed by atoms with Crippen molar-refractivity contribution in [3.05, 3.63) is 83.9 Å². The molecule has 0 N–H and O–H groups in total. The van der Waals surface area contributed by atoms with Gasteiger partial charge >= 0.3 is 0 Å². The standard InChI is InChI=1S/C23H13ClN2/c24-15-11-9-14-10-12-17-16-5-1-3-7-20(16)26-21-8-4-2-6-19(21)25-23(26)22(17)18(14)13-15/h1-13H. The van der Waals surface area contributed by atoms with E-state index in [9.17, 15) is 0 Å². The number of pyridine rings is 1. The van der Waals surface area contributed by atoms with Crippen LogP contribution in [0.25, 0.3) is 49.1 Å². The van der Waals surface area contributed by atoms with Gasteiger partial charge < -0.3 is 0 Å². The zero-order chi connectivity index (χ0) is 17.3. The van der Waals surface area contributed by atoms with E-state index in [0.717, 1.165) is 32.5 Å². The molecule has 6 aromatic rings. The molecular weight excluding hydrogens is 340 g/mol. The van der Waals surface area contributed by atoms with Crippen LogP contribution in [-0.2, 0) is 0 Å². The Morgan fingerprint density at radius 3 is 2.38 bits per heavy atom. The SMILES string of the molecule is Clc1ccc2ccc3c4ccccc4n4c5ccccc5nc4c3c2c1. The van der Waals surface area contributed by atoms with Crippen molar-refractivity contribution in [2.45, 2.75) is 0 Å². The molecule has 0 unspecified atom stereocenters. The number of aromatic nitrogens is 2. The summed E-state index contributed by atoms with van der Waals surface area (Å²) in [6.07, 6.45) is 0. The molecule has 0 atom stereocenters. The first kappa shape index (κ1) is 14.1. The normalized spacial score (nSPS) is 12.0. The van der Waals surface area contributed by atoms with E-state index in [2.05, 4.69) is 65.1 Å². The van der Waals surface area contributed by atoms with Crippen LogP contribution in [0.2, 0.25) is 5.02 Å². The highest BCUT2D eigenvalue weighted by Gasteiger charge is 2.15. The number of halogens is 1. The van der Waals surface area contributed by atoms with E-state index in [1.54, 1.807) is 0 Å². The zero-order valence-corrected chi connectivity index (χ0v) is 14.5. The number of benzene rings is 4. The van der Waals surface area contributed by atoms with Gasteiger partial charge in [0.05, 0.1) is 16.6 Å². The predicted molar refractivity (Wildman–Crippen MR) is 110 cm³/mol. The predicted octanol–water partition coefficient (Wildman–Crippen LogP) is 6.60. The van der Waals surface area contributed by atoms with Crippen molar-refractivity contribution in [2.24, 2.45) is 0 Å². The fourth-order valence-electron chi connectivity index (χ4n) is 4.09. The van der Waals surface area contributed by atoms with E-state index >= 15 is 0 Å². The molecule has 2 aromatic heterocycles. The summed E-state index contributed by atoms with van der Waals surface area (Å²) in [6, 6.07) is 27.3. The lowest BCUT2D eigenvalue weighted by Gasteiger charge is -2.11. The smallest absolute Gasteiger partial charge is 0.147 e. The van der Waals surface area contributed by atoms with Crippen molar-refractivity contribution in [1.82, 2.24) is 9.38 Å². The Morgan fingerprint density at radius 1 is 0.692 bits per heavy atom. The number of imidazole rings is 1. The van der Waals surface area contributed by atoms with Gasteiger partial charge in [0, 0.05) is 15.8 Å². The summed E-state index contributed by atoms with van der Waals surface area (Å²) in [7, 11) is 0. The maximum Gasteiger partial charge on any atom is 0.147 e. The molecule has 0 aliphatic heterocycles. The number of fused-ring (bicyclic) bond motifs is 10. The van der Waals surface area contributed by atoms with Gasteiger partial charge in [-0.25, -0.2) is 4.98 Å². The van der Waals surface area contributed by atoms with Gasteiger partial charge in [-0.1, -0.05) is 60.1 Å². The van der Waals surface area contributed by atoms with Crippen LogP contribution in [-0.4, -0.2) is 9.38 Å². The third kappa shape index (κ3) is 1.74. The van der Waals surface area contributed by atoms with Crippen LogP contribution < -0.4 is 0 Å². The summed E-state index contributed by atoms with van der Waals surface area (Å²) in [5.74, 6) is 0. The van der Waals surface area contributed by atoms with Crippen molar-refractivity contribution < 1.29 is 0 Å². The first-order chi connectivity index (χ1) is 12.8. The average Bonchev–Trinajstić information content (AvgIpc) is 3.07. The molecule has 0 aliphatic carbocycles. The first-order valence-corrected chi connectivity index (χ1v) is 8.99. The monoisotopic (exact) mass is 352 g/mol. The second-order valence-corrected chi connectivity index (χ2v) is 7.07. The molecule has 2 heterocycles. The zero-order valence-electron chi connectivity index (χ0n) is 13.8. The van der Waals surface area contributed by atoms with E-state index in [1.807, 2.05) is 18.2 Å². The lowest BCUT2D eigenvalue weighted by atomic mass is 9.99. The lowest BCUT2D eigenvalue weighted by molar-refractivity contribution is 1.32. The van der Waals surface area contributed by atoms with E-state index in [-0.39, 0.29) is 0 Å². The fourth-order valence-corrected chi connectivity index (χ4v) is 4.26. The molecule has 26 heavy (non-hydrogen) atoms. The van der Waals surface area contributed by atoms with Crippen molar-refractivity contribution in [1.29, 1.82) is 0 Å². The second-order valence-electron chi connectivity index (χ2n) is 6.63. The fraction of sp³-hybridized carbons (Fsp3) is 0. The maximum absolute atomic E-state index is 6.34. The summed E-state index contributed by atoms with van der Waals surface area (Å²) in [4.78, 5) is 4.99. The summed E-state index contributed by atoms with van der Waals surface area (Å²) in [6.45, 7) is 0. The molecule has 2 nitrogen and oxygen atoms in total. The van der Waals surface area contributed by atoms with Gasteiger partial charge in [0.1, 0.15) is 5.65 Å². The van der Waals surface area contributed by atoms with Gasteiger partial charge in [-0.3, -0.25) is 4.40 Å². The van der Waals surface area contributed by atoms with Crippen LogP contribution in [0.5, 0.6) is 0 Å². The quantitative estimate of drug-likeness (QED) is 0.281. The van der Waals surface area contributed by atoms with Gasteiger partial charge in [-0.05, 0) is 46.5 Å². The molecule has 0 fully saturated rings. The van der Waals surface area contributed by atoms with Gasteiger partial charge in [0.15, 0.2) is 0 Å². The molecule has 3 heteroatoms. The third-order valence-corrected chi connectivity index (χ3v) is 5.44. The van der Waals surface area contributed by atoms with Crippen LogP contribution in [0, 0.1) is 0 Å². The van der Waals surface area contributed by atoms with E-state index in [1.165, 1.54) is 21.7 Å². The highest BCUT2D eigenvalue weighted by Crippen LogP contribution is 2.37. The third-order valence-electron chi connectivity index (χ3n) is 5.20. The van der Waals surface area contributed by atoms with Gasteiger partial charge in [-0.2, -0.15) is 0 Å². The number of hydrogen-bond acceptors (Lipinski definition) is 1. The van der Waals surface area contributed by atoms with E-state index in [0.29, 0.717) is 0 Å². The molecule has 4 aromatic carbocycles. The Balaban J connectivity index is 2.06. The Labute approximate surface area is 154 Å². The Hall–Kier alpha value is -3.10. The van der Waals surface area contributed by atoms with Crippen LogP contribution in [0.1, 0.15) is 0 Å². The van der Waals surface area contributed by atoms with Gasteiger partial charge in [0.2, 0.25) is 0 Å². The van der Waals surface area contributed by atoms with Crippen LogP contribution in [0.4, 0.5) is 0 Å². The highest BCUT2D eigenvalue weighted by atomic mass is 35.5. The van der Waals surface area contributed by atoms with Gasteiger partial charge in [0.25, 0.3) is 0 Å². The minimum Gasteiger partial charge on any atom is -0.292 e. The van der Waals surface area contributed by atoms with Crippen molar-refractivity contribution in [3.8, 4) is 0 Å². The van der Waals surface area contributed by atoms with Crippen LogP contribution in [0.15, 0.2) is 78.9 Å². The maximum atomic E-state index is 6.34. The molecule has 6 rings (SSSR count). The molecule has 0 bridgehead atoms. The van der Waals surface area contributed by atoms with Crippen LogP contribution >= 0.6 is 11.6 Å².